The molecule has 0 bridgehead atoms. The Bertz CT molecular complexity index is 441. The number of hydrogen-bond acceptors (Lipinski definition) is 3. The first-order valence-corrected chi connectivity index (χ1v) is 6.52. The highest BCUT2D eigenvalue weighted by Crippen LogP contribution is 2.21. The summed E-state index contributed by atoms with van der Waals surface area (Å²) in [6, 6.07) is 7.03. The Morgan fingerprint density at radius 1 is 1.47 bits per heavy atom. The van der Waals surface area contributed by atoms with Crippen molar-refractivity contribution in [3.8, 4) is 5.75 Å². The molecule has 1 atom stereocenters. The summed E-state index contributed by atoms with van der Waals surface area (Å²) in [6.45, 7) is 4.79. The molecular formula is C15H19NO3. The molecule has 1 aliphatic heterocycles. The minimum atomic E-state index is -0.0378. The number of aliphatic hydroxyl groups excluding tert-OH is 1. The fourth-order valence-corrected chi connectivity index (χ4v) is 2.31. The number of benzene rings is 1. The SMILES string of the molecule is C=CCOc1ccc(C(=O)N2CCC[C@H]2CO)cc1. The highest BCUT2D eigenvalue weighted by molar-refractivity contribution is 5.94. The molecule has 1 aromatic rings. The maximum atomic E-state index is 12.3. The molecule has 0 saturated carbocycles. The van der Waals surface area contributed by atoms with Crippen molar-refractivity contribution in [2.24, 2.45) is 0 Å². The van der Waals surface area contributed by atoms with E-state index in [2.05, 4.69) is 6.58 Å². The Hall–Kier alpha value is -1.81. The molecular weight excluding hydrogens is 242 g/mol. The Labute approximate surface area is 113 Å². The first kappa shape index (κ1) is 13.6. The number of amides is 1. The predicted octanol–water partition coefficient (Wildman–Crippen LogP) is 1.85. The van der Waals surface area contributed by atoms with Crippen molar-refractivity contribution in [3.05, 3.63) is 42.5 Å². The van der Waals surface area contributed by atoms with E-state index in [1.165, 1.54) is 0 Å². The molecule has 1 N–H and O–H groups in total. The molecule has 0 unspecified atom stereocenters. The molecule has 0 spiro atoms. The summed E-state index contributed by atoms with van der Waals surface area (Å²) in [7, 11) is 0. The number of aliphatic hydroxyl groups is 1. The second-order valence-electron chi connectivity index (χ2n) is 4.60. The van der Waals surface area contributed by atoms with E-state index >= 15 is 0 Å². The van der Waals surface area contributed by atoms with Crippen LogP contribution in [0.4, 0.5) is 0 Å². The van der Waals surface area contributed by atoms with Crippen LogP contribution in [0, 0.1) is 0 Å². The van der Waals surface area contributed by atoms with Crippen LogP contribution in [0.2, 0.25) is 0 Å². The Balaban J connectivity index is 2.04. The van der Waals surface area contributed by atoms with Crippen molar-refractivity contribution < 1.29 is 14.6 Å². The maximum Gasteiger partial charge on any atom is 0.254 e. The number of ether oxygens (including phenoxy) is 1. The van der Waals surface area contributed by atoms with Gasteiger partial charge >= 0.3 is 0 Å². The molecule has 1 aliphatic rings. The third kappa shape index (κ3) is 3.15. The quantitative estimate of drug-likeness (QED) is 0.823. The Kier molecular flexibility index (Phi) is 4.58. The first-order valence-electron chi connectivity index (χ1n) is 6.52. The monoisotopic (exact) mass is 261 g/mol. The average Bonchev–Trinajstić information content (AvgIpc) is 2.93. The van der Waals surface area contributed by atoms with Crippen LogP contribution in [0.15, 0.2) is 36.9 Å². The number of hydrogen-bond donors (Lipinski definition) is 1. The van der Waals surface area contributed by atoms with E-state index in [4.69, 9.17) is 4.74 Å². The Morgan fingerprint density at radius 3 is 2.84 bits per heavy atom. The van der Waals surface area contributed by atoms with Gasteiger partial charge in [-0.2, -0.15) is 0 Å². The van der Waals surface area contributed by atoms with E-state index in [-0.39, 0.29) is 18.6 Å². The zero-order valence-corrected chi connectivity index (χ0v) is 10.9. The van der Waals surface area contributed by atoms with E-state index in [0.29, 0.717) is 12.2 Å². The fraction of sp³-hybridized carbons (Fsp3) is 0.400. The van der Waals surface area contributed by atoms with E-state index < -0.39 is 0 Å². The minimum absolute atomic E-state index is 0.0215. The second kappa shape index (κ2) is 6.38. The summed E-state index contributed by atoms with van der Waals surface area (Å²) in [5, 5.41) is 9.25. The van der Waals surface area contributed by atoms with Crippen molar-refractivity contribution in [2.45, 2.75) is 18.9 Å². The van der Waals surface area contributed by atoms with Gasteiger partial charge in [-0.1, -0.05) is 12.7 Å². The molecule has 102 valence electrons. The van der Waals surface area contributed by atoms with Crippen molar-refractivity contribution in [2.75, 3.05) is 19.8 Å². The van der Waals surface area contributed by atoms with Gasteiger partial charge in [0.2, 0.25) is 0 Å². The average molecular weight is 261 g/mol. The van der Waals surface area contributed by atoms with Crippen molar-refractivity contribution in [1.29, 1.82) is 0 Å². The molecule has 4 heteroatoms. The zero-order valence-electron chi connectivity index (χ0n) is 10.9. The van der Waals surface area contributed by atoms with Gasteiger partial charge in [0.25, 0.3) is 5.91 Å². The van der Waals surface area contributed by atoms with E-state index in [1.807, 2.05) is 0 Å². The van der Waals surface area contributed by atoms with Crippen LogP contribution in [0.25, 0.3) is 0 Å². The molecule has 1 saturated heterocycles. The largest absolute Gasteiger partial charge is 0.490 e. The van der Waals surface area contributed by atoms with Gasteiger partial charge in [0.15, 0.2) is 0 Å². The van der Waals surface area contributed by atoms with E-state index in [9.17, 15) is 9.90 Å². The number of likely N-dealkylation sites (tertiary alicyclic amines) is 1. The smallest absolute Gasteiger partial charge is 0.254 e. The van der Waals surface area contributed by atoms with Crippen LogP contribution < -0.4 is 4.74 Å². The lowest BCUT2D eigenvalue weighted by molar-refractivity contribution is 0.0677. The molecule has 2 rings (SSSR count). The molecule has 1 amide bonds. The number of rotatable bonds is 5. The van der Waals surface area contributed by atoms with Crippen LogP contribution in [0.1, 0.15) is 23.2 Å². The molecule has 4 nitrogen and oxygen atoms in total. The van der Waals surface area contributed by atoms with Gasteiger partial charge in [0.05, 0.1) is 12.6 Å². The highest BCUT2D eigenvalue weighted by Gasteiger charge is 2.28. The lowest BCUT2D eigenvalue weighted by Gasteiger charge is -2.23. The van der Waals surface area contributed by atoms with Gasteiger partial charge in [0, 0.05) is 12.1 Å². The normalized spacial score (nSPS) is 18.4. The van der Waals surface area contributed by atoms with Gasteiger partial charge in [0.1, 0.15) is 12.4 Å². The summed E-state index contributed by atoms with van der Waals surface area (Å²) in [6.07, 6.45) is 3.51. The standard InChI is InChI=1S/C15H19NO3/c1-2-10-19-14-7-5-12(6-8-14)15(18)16-9-3-4-13(16)11-17/h2,5-8,13,17H,1,3-4,9-11H2/t13-/m0/s1. The summed E-state index contributed by atoms with van der Waals surface area (Å²) >= 11 is 0. The van der Waals surface area contributed by atoms with Crippen LogP contribution in [0.5, 0.6) is 5.75 Å². The van der Waals surface area contributed by atoms with Crippen LogP contribution in [-0.4, -0.2) is 41.7 Å². The lowest BCUT2D eigenvalue weighted by atomic mass is 10.1. The molecule has 0 aromatic heterocycles. The first-order chi connectivity index (χ1) is 9.26. The fourth-order valence-electron chi connectivity index (χ4n) is 2.31. The third-order valence-electron chi connectivity index (χ3n) is 3.32. The van der Waals surface area contributed by atoms with Gasteiger partial charge < -0.3 is 14.7 Å². The predicted molar refractivity (Wildman–Crippen MR) is 73.3 cm³/mol. The van der Waals surface area contributed by atoms with Crippen molar-refractivity contribution >= 4 is 5.91 Å². The summed E-state index contributed by atoms with van der Waals surface area (Å²) in [4.78, 5) is 14.0. The van der Waals surface area contributed by atoms with Crippen LogP contribution in [0.3, 0.4) is 0 Å². The highest BCUT2D eigenvalue weighted by atomic mass is 16.5. The molecule has 1 heterocycles. The number of carbonyl (C=O) groups excluding carboxylic acids is 1. The maximum absolute atomic E-state index is 12.3. The van der Waals surface area contributed by atoms with Crippen LogP contribution in [-0.2, 0) is 0 Å². The van der Waals surface area contributed by atoms with Gasteiger partial charge in [-0.05, 0) is 37.1 Å². The lowest BCUT2D eigenvalue weighted by Crippen LogP contribution is -2.37. The molecule has 1 fully saturated rings. The Morgan fingerprint density at radius 2 is 2.21 bits per heavy atom. The topological polar surface area (TPSA) is 49.8 Å². The third-order valence-corrected chi connectivity index (χ3v) is 3.32. The minimum Gasteiger partial charge on any atom is -0.490 e. The van der Waals surface area contributed by atoms with Gasteiger partial charge in [-0.3, -0.25) is 4.79 Å². The van der Waals surface area contributed by atoms with Crippen molar-refractivity contribution in [1.82, 2.24) is 4.90 Å². The molecule has 1 aromatic carbocycles. The summed E-state index contributed by atoms with van der Waals surface area (Å²) in [5.74, 6) is 0.698. The zero-order chi connectivity index (χ0) is 13.7. The summed E-state index contributed by atoms with van der Waals surface area (Å²) < 4.78 is 5.37. The van der Waals surface area contributed by atoms with Crippen LogP contribution >= 0.6 is 0 Å². The molecule has 0 radical (unpaired) electrons. The van der Waals surface area contributed by atoms with Crippen molar-refractivity contribution in [3.63, 3.8) is 0 Å². The molecule has 0 aliphatic carbocycles. The van der Waals surface area contributed by atoms with E-state index in [1.54, 1.807) is 35.2 Å². The van der Waals surface area contributed by atoms with E-state index in [0.717, 1.165) is 25.1 Å². The van der Waals surface area contributed by atoms with Gasteiger partial charge in [-0.15, -0.1) is 0 Å². The second-order valence-corrected chi connectivity index (χ2v) is 4.60. The number of nitrogens with zero attached hydrogens (tertiary/aromatic N) is 1. The number of carbonyl (C=O) groups is 1. The summed E-state index contributed by atoms with van der Waals surface area (Å²) in [5.41, 5.74) is 0.631. The van der Waals surface area contributed by atoms with Gasteiger partial charge in [-0.25, -0.2) is 0 Å². The molecule has 19 heavy (non-hydrogen) atoms.